The number of halogens is 1. The third-order valence-electron chi connectivity index (χ3n) is 9.12. The van der Waals surface area contributed by atoms with Gasteiger partial charge in [-0.3, -0.25) is 9.48 Å². The molecule has 0 saturated carbocycles. The minimum atomic E-state index is -3.36. The van der Waals surface area contributed by atoms with Gasteiger partial charge in [0.15, 0.2) is 0 Å². The number of carbonyl (C=O) groups is 1. The highest BCUT2D eigenvalue weighted by atomic mass is 35.5. The zero-order chi connectivity index (χ0) is 33.7. The number of hydrogen-bond acceptors (Lipinski definition) is 7. The van der Waals surface area contributed by atoms with Crippen LogP contribution in [0.5, 0.6) is 5.75 Å². The summed E-state index contributed by atoms with van der Waals surface area (Å²) < 4.78 is 33.9. The maximum atomic E-state index is 13.1. The number of carbonyl (C=O) groups excluding carboxylic acids is 1. The fourth-order valence-corrected chi connectivity index (χ4v) is 7.55. The lowest BCUT2D eigenvalue weighted by atomic mass is 9.97. The van der Waals surface area contributed by atoms with E-state index in [-0.39, 0.29) is 12.5 Å². The Morgan fingerprint density at radius 1 is 0.958 bits per heavy atom. The summed E-state index contributed by atoms with van der Waals surface area (Å²) in [5.74, 6) is 0.610. The molecule has 10 nitrogen and oxygen atoms in total. The maximum absolute atomic E-state index is 13.1. The van der Waals surface area contributed by atoms with E-state index in [9.17, 15) is 13.2 Å². The largest absolute Gasteiger partial charge is 0.497 e. The standard InChI is InChI=1S/C36H43ClN6O4S/c1-47-30-12-10-29(11-13-30)38-16-17-39-36(44)28-8-5-7-26(23-28)31-24-27(9-14-33(31)37)35-32-25-42(48(2,45)46)22-15-34(32)43(40-35)21-6-20-41-18-3-4-19-41/h5,7-14,23-24,38H,3-4,6,15-22,25H2,1-2H3,(H,39,44). The number of hydrogen-bond donors (Lipinski definition) is 2. The van der Waals surface area contributed by atoms with Crippen LogP contribution in [0.3, 0.4) is 0 Å². The number of methoxy groups -OCH3 is 1. The highest BCUT2D eigenvalue weighted by Gasteiger charge is 2.30. The van der Waals surface area contributed by atoms with Crippen molar-refractivity contribution in [2.24, 2.45) is 0 Å². The Bertz CT molecular complexity index is 1850. The van der Waals surface area contributed by atoms with Gasteiger partial charge in [0, 0.05) is 77.8 Å². The van der Waals surface area contributed by atoms with E-state index in [2.05, 4.69) is 20.2 Å². The molecule has 4 aromatic rings. The quantitative estimate of drug-likeness (QED) is 0.178. The van der Waals surface area contributed by atoms with Gasteiger partial charge in [-0.1, -0.05) is 29.8 Å². The van der Waals surface area contributed by atoms with E-state index in [0.717, 1.165) is 77.7 Å². The molecule has 0 radical (unpaired) electrons. The van der Waals surface area contributed by atoms with E-state index >= 15 is 0 Å². The number of nitrogens with one attached hydrogen (secondary N) is 2. The Kier molecular flexibility index (Phi) is 10.7. The number of aryl methyl sites for hydroxylation is 1. The second-order valence-corrected chi connectivity index (χ2v) is 14.8. The van der Waals surface area contributed by atoms with Gasteiger partial charge in [0.05, 0.1) is 19.1 Å². The van der Waals surface area contributed by atoms with Crippen molar-refractivity contribution in [2.45, 2.75) is 38.8 Å². The van der Waals surface area contributed by atoms with Gasteiger partial charge >= 0.3 is 0 Å². The van der Waals surface area contributed by atoms with Gasteiger partial charge in [-0.25, -0.2) is 8.42 Å². The van der Waals surface area contributed by atoms with E-state index in [0.29, 0.717) is 36.6 Å². The highest BCUT2D eigenvalue weighted by Crippen LogP contribution is 2.36. The molecule has 2 N–H and O–H groups in total. The Balaban J connectivity index is 1.20. The number of nitrogens with zero attached hydrogens (tertiary/aromatic N) is 4. The minimum Gasteiger partial charge on any atom is -0.497 e. The van der Waals surface area contributed by atoms with Crippen LogP contribution in [0, 0.1) is 0 Å². The van der Waals surface area contributed by atoms with Gasteiger partial charge < -0.3 is 20.3 Å². The van der Waals surface area contributed by atoms with Gasteiger partial charge in [-0.05, 0) is 93.0 Å². The lowest BCUT2D eigenvalue weighted by Crippen LogP contribution is -2.35. The Labute approximate surface area is 288 Å². The first-order chi connectivity index (χ1) is 23.2. The molecule has 254 valence electrons. The molecule has 1 saturated heterocycles. The molecule has 3 heterocycles. The Morgan fingerprint density at radius 3 is 2.50 bits per heavy atom. The molecule has 0 spiro atoms. The normalized spacial score (nSPS) is 15.3. The molecular weight excluding hydrogens is 648 g/mol. The van der Waals surface area contributed by atoms with Gasteiger partial charge in [-0.2, -0.15) is 9.40 Å². The van der Waals surface area contributed by atoms with Crippen LogP contribution in [0.25, 0.3) is 22.4 Å². The number of aromatic nitrogens is 2. The summed E-state index contributed by atoms with van der Waals surface area (Å²) in [6.07, 6.45) is 5.39. The summed E-state index contributed by atoms with van der Waals surface area (Å²) in [4.78, 5) is 15.6. The summed E-state index contributed by atoms with van der Waals surface area (Å²) in [6, 6.07) is 20.8. The van der Waals surface area contributed by atoms with Crippen molar-refractivity contribution < 1.29 is 17.9 Å². The van der Waals surface area contributed by atoms with E-state index in [4.69, 9.17) is 21.4 Å². The molecule has 1 amide bonds. The van der Waals surface area contributed by atoms with Crippen LogP contribution in [-0.4, -0.2) is 85.9 Å². The van der Waals surface area contributed by atoms with Crippen molar-refractivity contribution >= 4 is 33.2 Å². The van der Waals surface area contributed by atoms with Crippen LogP contribution in [0.1, 0.15) is 40.9 Å². The van der Waals surface area contributed by atoms with Gasteiger partial charge in [0.25, 0.3) is 5.91 Å². The second-order valence-electron chi connectivity index (χ2n) is 12.4. The number of amides is 1. The SMILES string of the molecule is COc1ccc(NCCNC(=O)c2cccc(-c3cc(-c4nn(CCCN5CCCC5)c5c4CN(S(C)(=O)=O)CC5)ccc3Cl)c2)cc1. The molecule has 1 fully saturated rings. The Morgan fingerprint density at radius 2 is 1.75 bits per heavy atom. The van der Waals surface area contributed by atoms with Gasteiger partial charge in [0.1, 0.15) is 5.75 Å². The first-order valence-corrected chi connectivity index (χ1v) is 18.7. The number of anilines is 1. The van der Waals surface area contributed by atoms with E-state index in [1.807, 2.05) is 60.7 Å². The van der Waals surface area contributed by atoms with E-state index in [1.165, 1.54) is 23.4 Å². The Hall–Kier alpha value is -3.90. The maximum Gasteiger partial charge on any atom is 0.251 e. The fraction of sp³-hybridized carbons (Fsp3) is 0.389. The monoisotopic (exact) mass is 690 g/mol. The number of ether oxygens (including phenoxy) is 1. The average molecular weight is 691 g/mol. The van der Waals surface area contributed by atoms with Gasteiger partial charge in [0.2, 0.25) is 10.0 Å². The highest BCUT2D eigenvalue weighted by molar-refractivity contribution is 7.88. The fourth-order valence-electron chi connectivity index (χ4n) is 6.53. The van der Waals surface area contributed by atoms with Crippen molar-refractivity contribution in [2.75, 3.05) is 58.0 Å². The molecule has 48 heavy (non-hydrogen) atoms. The van der Waals surface area contributed by atoms with Crippen LogP contribution >= 0.6 is 11.6 Å². The van der Waals surface area contributed by atoms with Gasteiger partial charge in [-0.15, -0.1) is 0 Å². The molecule has 0 bridgehead atoms. The van der Waals surface area contributed by atoms with Crippen molar-refractivity contribution in [1.82, 2.24) is 24.3 Å². The molecule has 0 unspecified atom stereocenters. The zero-order valence-electron chi connectivity index (χ0n) is 27.5. The summed E-state index contributed by atoms with van der Waals surface area (Å²) in [7, 11) is -1.73. The minimum absolute atomic E-state index is 0.178. The third kappa shape index (κ3) is 8.03. The van der Waals surface area contributed by atoms with Crippen LogP contribution in [0.4, 0.5) is 5.69 Å². The van der Waals surface area contributed by atoms with Crippen LogP contribution in [-0.2, 0) is 29.5 Å². The average Bonchev–Trinajstić information content (AvgIpc) is 3.75. The van der Waals surface area contributed by atoms with Crippen LogP contribution in [0.15, 0.2) is 66.7 Å². The summed E-state index contributed by atoms with van der Waals surface area (Å²) in [5, 5.41) is 11.9. The lowest BCUT2D eigenvalue weighted by Gasteiger charge is -2.26. The molecule has 12 heteroatoms. The molecule has 2 aliphatic heterocycles. The third-order valence-corrected chi connectivity index (χ3v) is 10.7. The van der Waals surface area contributed by atoms with Crippen molar-refractivity contribution in [3.63, 3.8) is 0 Å². The van der Waals surface area contributed by atoms with Crippen molar-refractivity contribution in [3.05, 3.63) is 88.6 Å². The number of fused-ring (bicyclic) bond motifs is 1. The summed E-state index contributed by atoms with van der Waals surface area (Å²) in [5.41, 5.74) is 6.73. The number of rotatable bonds is 13. The van der Waals surface area contributed by atoms with Crippen molar-refractivity contribution in [3.8, 4) is 28.1 Å². The number of benzene rings is 3. The van der Waals surface area contributed by atoms with Crippen LogP contribution < -0.4 is 15.4 Å². The molecule has 0 atom stereocenters. The topological polar surface area (TPSA) is 109 Å². The first kappa shape index (κ1) is 34.0. The summed E-state index contributed by atoms with van der Waals surface area (Å²) >= 11 is 6.76. The zero-order valence-corrected chi connectivity index (χ0v) is 29.1. The summed E-state index contributed by atoms with van der Waals surface area (Å²) in [6.45, 7) is 5.88. The predicted molar refractivity (Wildman–Crippen MR) is 191 cm³/mol. The second kappa shape index (κ2) is 15.1. The molecule has 1 aromatic heterocycles. The molecule has 2 aliphatic rings. The molecule has 0 aliphatic carbocycles. The first-order valence-electron chi connectivity index (χ1n) is 16.5. The molecular formula is C36H43ClN6O4S. The number of likely N-dealkylation sites (tertiary alicyclic amines) is 1. The van der Waals surface area contributed by atoms with Crippen LogP contribution in [0.2, 0.25) is 5.02 Å². The molecule has 6 rings (SSSR count). The number of sulfonamides is 1. The van der Waals surface area contributed by atoms with Crippen molar-refractivity contribution in [1.29, 1.82) is 0 Å². The van der Waals surface area contributed by atoms with E-state index < -0.39 is 10.0 Å². The molecule has 3 aromatic carbocycles. The lowest BCUT2D eigenvalue weighted by molar-refractivity contribution is 0.0955. The smallest absolute Gasteiger partial charge is 0.251 e. The van der Waals surface area contributed by atoms with E-state index in [1.54, 1.807) is 13.2 Å². The predicted octanol–water partition coefficient (Wildman–Crippen LogP) is 5.52.